The fourth-order valence-corrected chi connectivity index (χ4v) is 3.99. The number of hydrogen-bond donors (Lipinski definition) is 0. The summed E-state index contributed by atoms with van der Waals surface area (Å²) in [4.78, 5) is 0.239. The Morgan fingerprint density at radius 3 is 2.15 bits per heavy atom. The molecule has 1 unspecified atom stereocenters. The van der Waals surface area contributed by atoms with Gasteiger partial charge in [0, 0.05) is 15.9 Å². The van der Waals surface area contributed by atoms with Crippen LogP contribution in [0.4, 0.5) is 0 Å². The van der Waals surface area contributed by atoms with Crippen LogP contribution in [0.25, 0.3) is 0 Å². The summed E-state index contributed by atoms with van der Waals surface area (Å²) in [5, 5.41) is 1.35. The van der Waals surface area contributed by atoms with Crippen molar-refractivity contribution in [2.45, 2.75) is 51.3 Å². The molecule has 0 bridgehead atoms. The third kappa shape index (κ3) is 4.82. The van der Waals surface area contributed by atoms with E-state index in [1.807, 2.05) is 19.1 Å². The van der Waals surface area contributed by atoms with Gasteiger partial charge in [-0.15, -0.1) is 0 Å². The van der Waals surface area contributed by atoms with Crippen LogP contribution in [0.1, 0.15) is 56.8 Å². The molecule has 0 saturated carbocycles. The summed E-state index contributed by atoms with van der Waals surface area (Å²) in [6.07, 6.45) is 4.72. The van der Waals surface area contributed by atoms with Crippen molar-refractivity contribution in [2.75, 3.05) is 6.61 Å². The van der Waals surface area contributed by atoms with Gasteiger partial charge in [0.1, 0.15) is 5.75 Å². The van der Waals surface area contributed by atoms with Crippen LogP contribution in [0, 0.1) is 5.92 Å². The molecule has 114 valence electrons. The van der Waals surface area contributed by atoms with Crippen molar-refractivity contribution in [3.63, 3.8) is 0 Å². The number of benzene rings is 1. The number of hydrogen-bond acceptors (Lipinski definition) is 1. The van der Waals surface area contributed by atoms with Crippen LogP contribution in [-0.4, -0.2) is 6.61 Å². The lowest BCUT2D eigenvalue weighted by atomic mass is 9.91. The highest BCUT2D eigenvalue weighted by atomic mass is 79.9. The molecule has 1 aromatic rings. The molecule has 4 heteroatoms. The molecule has 0 amide bonds. The van der Waals surface area contributed by atoms with Gasteiger partial charge in [0.05, 0.1) is 11.6 Å². The molecule has 0 heterocycles. The SMILES string of the molecule is CCCC(CCC)C(Br)c1cc(Cl)c(OCC)cc1Cl. The average Bonchev–Trinajstić information content (AvgIpc) is 2.42. The fourth-order valence-electron chi connectivity index (χ4n) is 2.45. The lowest BCUT2D eigenvalue weighted by Crippen LogP contribution is -2.08. The maximum Gasteiger partial charge on any atom is 0.139 e. The van der Waals surface area contributed by atoms with Crippen LogP contribution < -0.4 is 4.74 Å². The normalized spacial score (nSPS) is 12.8. The van der Waals surface area contributed by atoms with E-state index >= 15 is 0 Å². The van der Waals surface area contributed by atoms with E-state index in [1.165, 1.54) is 25.7 Å². The summed E-state index contributed by atoms with van der Waals surface area (Å²) < 4.78 is 5.48. The first-order chi connectivity index (χ1) is 9.54. The van der Waals surface area contributed by atoms with Gasteiger partial charge in [0.25, 0.3) is 0 Å². The third-order valence-corrected chi connectivity index (χ3v) is 5.24. The van der Waals surface area contributed by atoms with Crippen molar-refractivity contribution < 1.29 is 4.74 Å². The molecule has 0 aliphatic carbocycles. The standard InChI is InChI=1S/C16H23BrCl2O/c1-4-7-11(8-5-2)16(17)12-9-14(19)15(20-6-3)10-13(12)18/h9-11,16H,4-8H2,1-3H3. The minimum absolute atomic E-state index is 0.239. The van der Waals surface area contributed by atoms with Crippen LogP contribution in [-0.2, 0) is 0 Å². The Balaban J connectivity index is 3.02. The largest absolute Gasteiger partial charge is 0.492 e. The van der Waals surface area contributed by atoms with Gasteiger partial charge >= 0.3 is 0 Å². The quantitative estimate of drug-likeness (QED) is 0.438. The molecule has 1 rings (SSSR count). The van der Waals surface area contributed by atoms with Gasteiger partial charge in [-0.25, -0.2) is 0 Å². The van der Waals surface area contributed by atoms with E-state index in [2.05, 4.69) is 29.8 Å². The van der Waals surface area contributed by atoms with Crippen LogP contribution in [0.15, 0.2) is 12.1 Å². The summed E-state index contributed by atoms with van der Waals surface area (Å²) in [6, 6.07) is 3.76. The van der Waals surface area contributed by atoms with Crippen LogP contribution >= 0.6 is 39.1 Å². The molecule has 0 aliphatic rings. The summed E-state index contributed by atoms with van der Waals surface area (Å²) in [6.45, 7) is 6.95. The summed E-state index contributed by atoms with van der Waals surface area (Å²) in [5.41, 5.74) is 1.06. The molecular weight excluding hydrogens is 359 g/mol. The van der Waals surface area contributed by atoms with Crippen LogP contribution in [0.2, 0.25) is 10.0 Å². The molecule has 1 aromatic carbocycles. The van der Waals surface area contributed by atoms with Crippen molar-refractivity contribution in [2.24, 2.45) is 5.92 Å². The zero-order valence-electron chi connectivity index (χ0n) is 12.4. The van der Waals surface area contributed by atoms with Crippen LogP contribution in [0.3, 0.4) is 0 Å². The van der Waals surface area contributed by atoms with E-state index in [-0.39, 0.29) is 4.83 Å². The van der Waals surface area contributed by atoms with Gasteiger partial charge < -0.3 is 4.74 Å². The van der Waals surface area contributed by atoms with Gasteiger partial charge in [-0.3, -0.25) is 0 Å². The number of ether oxygens (including phenoxy) is 1. The molecule has 0 saturated heterocycles. The van der Waals surface area contributed by atoms with E-state index in [0.29, 0.717) is 23.3 Å². The smallest absolute Gasteiger partial charge is 0.139 e. The Hall–Kier alpha value is 0.0800. The topological polar surface area (TPSA) is 9.23 Å². The highest BCUT2D eigenvalue weighted by Gasteiger charge is 2.22. The first-order valence-corrected chi connectivity index (χ1v) is 8.98. The molecule has 0 fully saturated rings. The second-order valence-electron chi connectivity index (χ2n) is 4.98. The zero-order valence-corrected chi connectivity index (χ0v) is 15.5. The van der Waals surface area contributed by atoms with Gasteiger partial charge in [-0.05, 0) is 37.3 Å². The second-order valence-corrected chi connectivity index (χ2v) is 6.78. The van der Waals surface area contributed by atoms with Crippen molar-refractivity contribution in [1.82, 2.24) is 0 Å². The number of halogens is 3. The molecule has 1 nitrogen and oxygen atoms in total. The van der Waals surface area contributed by atoms with Crippen LogP contribution in [0.5, 0.6) is 5.75 Å². The van der Waals surface area contributed by atoms with Crippen molar-refractivity contribution in [1.29, 1.82) is 0 Å². The van der Waals surface area contributed by atoms with Gasteiger partial charge in [-0.1, -0.05) is 65.8 Å². The molecule has 0 aromatic heterocycles. The zero-order chi connectivity index (χ0) is 15.1. The van der Waals surface area contributed by atoms with Gasteiger partial charge in [0.2, 0.25) is 0 Å². The lowest BCUT2D eigenvalue weighted by molar-refractivity contribution is 0.340. The van der Waals surface area contributed by atoms with Crippen molar-refractivity contribution in [3.05, 3.63) is 27.7 Å². The van der Waals surface area contributed by atoms with Crippen molar-refractivity contribution in [3.8, 4) is 5.75 Å². The minimum atomic E-state index is 0.239. The highest BCUT2D eigenvalue weighted by molar-refractivity contribution is 9.09. The van der Waals surface area contributed by atoms with E-state index in [9.17, 15) is 0 Å². The lowest BCUT2D eigenvalue weighted by Gasteiger charge is -2.23. The van der Waals surface area contributed by atoms with Gasteiger partial charge in [0.15, 0.2) is 0 Å². The first-order valence-electron chi connectivity index (χ1n) is 7.30. The Kier molecular flexibility index (Phi) is 8.31. The Morgan fingerprint density at radius 2 is 1.65 bits per heavy atom. The maximum absolute atomic E-state index is 6.41. The molecule has 20 heavy (non-hydrogen) atoms. The summed E-state index contributed by atoms with van der Waals surface area (Å²) in [7, 11) is 0. The fraction of sp³-hybridized carbons (Fsp3) is 0.625. The van der Waals surface area contributed by atoms with E-state index in [4.69, 9.17) is 27.9 Å². The highest BCUT2D eigenvalue weighted by Crippen LogP contribution is 2.43. The number of rotatable bonds is 8. The average molecular weight is 382 g/mol. The van der Waals surface area contributed by atoms with Gasteiger partial charge in [-0.2, -0.15) is 0 Å². The number of alkyl halides is 1. The summed E-state index contributed by atoms with van der Waals surface area (Å²) in [5.74, 6) is 1.24. The van der Waals surface area contributed by atoms with E-state index in [1.54, 1.807) is 0 Å². The molecule has 0 aliphatic heterocycles. The minimum Gasteiger partial charge on any atom is -0.492 e. The molecule has 0 radical (unpaired) electrons. The second kappa shape index (κ2) is 9.17. The third-order valence-electron chi connectivity index (χ3n) is 3.38. The molecular formula is C16H23BrCl2O. The van der Waals surface area contributed by atoms with Crippen molar-refractivity contribution >= 4 is 39.1 Å². The molecule has 1 atom stereocenters. The Bertz CT molecular complexity index is 417. The summed E-state index contributed by atoms with van der Waals surface area (Å²) >= 11 is 16.5. The maximum atomic E-state index is 6.41. The molecule has 0 spiro atoms. The van der Waals surface area contributed by atoms with E-state index < -0.39 is 0 Å². The predicted molar refractivity (Wildman–Crippen MR) is 92.6 cm³/mol. The Labute approximate surface area is 141 Å². The first kappa shape index (κ1) is 18.1. The Morgan fingerprint density at radius 1 is 1.05 bits per heavy atom. The van der Waals surface area contributed by atoms with E-state index in [0.717, 1.165) is 10.6 Å². The molecule has 0 N–H and O–H groups in total. The predicted octanol–water partition coefficient (Wildman–Crippen LogP) is 7.04. The monoisotopic (exact) mass is 380 g/mol.